The summed E-state index contributed by atoms with van der Waals surface area (Å²) in [4.78, 5) is 16.5. The normalized spacial score (nSPS) is 23.6. The molecule has 1 aromatic heterocycles. The van der Waals surface area contributed by atoms with Gasteiger partial charge in [-0.05, 0) is 61.6 Å². The summed E-state index contributed by atoms with van der Waals surface area (Å²) < 4.78 is 33.8. The summed E-state index contributed by atoms with van der Waals surface area (Å²) >= 11 is 0. The molecule has 1 N–H and O–H groups in total. The molecule has 4 atom stereocenters. The number of rotatable bonds is 7. The zero-order chi connectivity index (χ0) is 24.0. The number of aryl methyl sites for hydroxylation is 1. The molecule has 0 aliphatic heterocycles. The SMILES string of the molecule is Cc1cc(COc2ccc(S(=O)(=O)N(C)C3C4C=CC(C4)C3C(=O)O)cc2)c2ccccc2n1. The Morgan fingerprint density at radius 1 is 1.12 bits per heavy atom. The van der Waals surface area contributed by atoms with Gasteiger partial charge < -0.3 is 9.84 Å². The molecule has 2 aromatic carbocycles. The van der Waals surface area contributed by atoms with Gasteiger partial charge in [-0.3, -0.25) is 9.78 Å². The van der Waals surface area contributed by atoms with Crippen molar-refractivity contribution in [1.82, 2.24) is 9.29 Å². The van der Waals surface area contributed by atoms with Crippen molar-refractivity contribution in [2.45, 2.75) is 30.9 Å². The van der Waals surface area contributed by atoms with Crippen LogP contribution in [0.4, 0.5) is 0 Å². The molecule has 2 aliphatic carbocycles. The number of sulfonamides is 1. The summed E-state index contributed by atoms with van der Waals surface area (Å²) in [6.45, 7) is 2.26. The number of fused-ring (bicyclic) bond motifs is 3. The third kappa shape index (κ3) is 3.86. The first-order valence-corrected chi connectivity index (χ1v) is 12.7. The molecule has 0 radical (unpaired) electrons. The molecule has 176 valence electrons. The van der Waals surface area contributed by atoms with Gasteiger partial charge in [0.15, 0.2) is 0 Å². The lowest BCUT2D eigenvalue weighted by molar-refractivity contribution is -0.144. The summed E-state index contributed by atoms with van der Waals surface area (Å²) in [6, 6.07) is 15.5. The number of nitrogens with zero attached hydrogens (tertiary/aromatic N) is 2. The Morgan fingerprint density at radius 2 is 1.82 bits per heavy atom. The van der Waals surface area contributed by atoms with Crippen molar-refractivity contribution in [3.63, 3.8) is 0 Å². The summed E-state index contributed by atoms with van der Waals surface area (Å²) in [5.74, 6) is -1.32. The van der Waals surface area contributed by atoms with Crippen LogP contribution in [0.2, 0.25) is 0 Å². The second-order valence-electron chi connectivity index (χ2n) is 9.02. The van der Waals surface area contributed by atoms with Crippen LogP contribution in [-0.4, -0.2) is 41.9 Å². The molecule has 0 spiro atoms. The minimum absolute atomic E-state index is 0.0767. The predicted octanol–water partition coefficient (Wildman–Crippen LogP) is 4.02. The number of carboxylic acids is 1. The van der Waals surface area contributed by atoms with Crippen molar-refractivity contribution in [2.24, 2.45) is 17.8 Å². The summed E-state index contributed by atoms with van der Waals surface area (Å²) in [7, 11) is -2.38. The van der Waals surface area contributed by atoms with Gasteiger partial charge in [-0.15, -0.1) is 0 Å². The van der Waals surface area contributed by atoms with Gasteiger partial charge in [0.25, 0.3) is 0 Å². The van der Waals surface area contributed by atoms with E-state index in [1.165, 1.54) is 23.5 Å². The number of aliphatic carboxylic acids is 1. The smallest absolute Gasteiger partial charge is 0.308 e. The number of hydrogen-bond donors (Lipinski definition) is 1. The number of carboxylic acid groups (broad SMARTS) is 1. The van der Waals surface area contributed by atoms with Crippen LogP contribution in [0.15, 0.2) is 71.6 Å². The minimum Gasteiger partial charge on any atom is -0.489 e. The second kappa shape index (κ2) is 8.52. The van der Waals surface area contributed by atoms with E-state index in [-0.39, 0.29) is 16.7 Å². The van der Waals surface area contributed by atoms with Gasteiger partial charge in [-0.1, -0.05) is 30.4 Å². The average molecular weight is 479 g/mol. The number of ether oxygens (including phenoxy) is 1. The van der Waals surface area contributed by atoms with Gasteiger partial charge in [-0.2, -0.15) is 4.31 Å². The quantitative estimate of drug-likeness (QED) is 0.515. The number of para-hydroxylation sites is 1. The number of hydrogen-bond acceptors (Lipinski definition) is 5. The van der Waals surface area contributed by atoms with Crippen LogP contribution < -0.4 is 4.74 Å². The minimum atomic E-state index is -3.86. The average Bonchev–Trinajstić information content (AvgIpc) is 3.44. The standard InChI is InChI=1S/C26H26N2O5S/c1-16-13-19(22-5-3-4-6-23(22)27-16)15-33-20-9-11-21(12-10-20)34(31,32)28(2)25-18-8-7-17(14-18)24(25)26(29)30/h3-13,17-18,24-25H,14-15H2,1-2H3,(H,29,30). The monoisotopic (exact) mass is 478 g/mol. The molecule has 2 aliphatic rings. The van der Waals surface area contributed by atoms with E-state index < -0.39 is 28.0 Å². The third-order valence-corrected chi connectivity index (χ3v) is 8.82. The van der Waals surface area contributed by atoms with E-state index in [1.807, 2.05) is 49.4 Å². The summed E-state index contributed by atoms with van der Waals surface area (Å²) in [6.07, 6.45) is 4.53. The lowest BCUT2D eigenvalue weighted by Gasteiger charge is -2.32. The second-order valence-corrected chi connectivity index (χ2v) is 11.0. The van der Waals surface area contributed by atoms with Gasteiger partial charge in [0.2, 0.25) is 10.0 Å². The van der Waals surface area contributed by atoms with Gasteiger partial charge in [-0.25, -0.2) is 8.42 Å². The maximum absolute atomic E-state index is 13.3. The lowest BCUT2D eigenvalue weighted by Crippen LogP contribution is -2.46. The van der Waals surface area contributed by atoms with Gasteiger partial charge in [0, 0.05) is 29.7 Å². The van der Waals surface area contributed by atoms with E-state index in [0.29, 0.717) is 18.8 Å². The first-order valence-electron chi connectivity index (χ1n) is 11.2. The van der Waals surface area contributed by atoms with Crippen molar-refractivity contribution in [2.75, 3.05) is 7.05 Å². The van der Waals surface area contributed by atoms with Gasteiger partial charge in [0.1, 0.15) is 12.4 Å². The Balaban J connectivity index is 1.33. The van der Waals surface area contributed by atoms with Crippen LogP contribution in [0, 0.1) is 24.7 Å². The molecule has 4 unspecified atom stereocenters. The Labute approximate surface area is 198 Å². The summed E-state index contributed by atoms with van der Waals surface area (Å²) in [5, 5.41) is 10.7. The van der Waals surface area contributed by atoms with Gasteiger partial charge >= 0.3 is 5.97 Å². The third-order valence-electron chi connectivity index (χ3n) is 6.95. The fourth-order valence-corrected chi connectivity index (χ4v) is 6.75. The largest absolute Gasteiger partial charge is 0.489 e. The highest BCUT2D eigenvalue weighted by atomic mass is 32.2. The topological polar surface area (TPSA) is 96.8 Å². The van der Waals surface area contributed by atoms with Crippen LogP contribution in [0.25, 0.3) is 10.9 Å². The highest BCUT2D eigenvalue weighted by Gasteiger charge is 2.52. The molecule has 1 saturated carbocycles. The molecule has 34 heavy (non-hydrogen) atoms. The van der Waals surface area contributed by atoms with E-state index in [4.69, 9.17) is 4.74 Å². The number of carbonyl (C=O) groups is 1. The maximum atomic E-state index is 13.3. The Kier molecular flexibility index (Phi) is 5.65. The predicted molar refractivity (Wildman–Crippen MR) is 128 cm³/mol. The van der Waals surface area contributed by atoms with Crippen molar-refractivity contribution in [1.29, 1.82) is 0 Å². The fraction of sp³-hybridized carbons (Fsp3) is 0.308. The van der Waals surface area contributed by atoms with Crippen molar-refractivity contribution >= 4 is 26.9 Å². The number of pyridine rings is 1. The van der Waals surface area contributed by atoms with E-state index >= 15 is 0 Å². The van der Waals surface area contributed by atoms with Gasteiger partial charge in [0.05, 0.1) is 16.3 Å². The molecule has 8 heteroatoms. The highest BCUT2D eigenvalue weighted by Crippen LogP contribution is 2.47. The molecule has 3 aromatic rings. The Hall–Kier alpha value is -3.23. The lowest BCUT2D eigenvalue weighted by atomic mass is 9.89. The van der Waals surface area contributed by atoms with Crippen molar-refractivity contribution in [3.8, 4) is 5.75 Å². The first-order chi connectivity index (χ1) is 16.3. The zero-order valence-corrected chi connectivity index (χ0v) is 19.8. The van der Waals surface area contributed by atoms with Crippen LogP contribution >= 0.6 is 0 Å². The number of aromatic nitrogens is 1. The summed E-state index contributed by atoms with van der Waals surface area (Å²) in [5.41, 5.74) is 2.81. The molecular formula is C26H26N2O5S. The van der Waals surface area contributed by atoms with E-state index in [1.54, 1.807) is 12.1 Å². The molecule has 5 rings (SSSR count). The van der Waals surface area contributed by atoms with Crippen LogP contribution in [0.1, 0.15) is 17.7 Å². The molecule has 0 amide bonds. The Morgan fingerprint density at radius 3 is 2.56 bits per heavy atom. The fourth-order valence-electron chi connectivity index (χ4n) is 5.33. The molecule has 7 nitrogen and oxygen atoms in total. The number of allylic oxidation sites excluding steroid dienone is 1. The zero-order valence-electron chi connectivity index (χ0n) is 19.0. The molecule has 1 heterocycles. The molecule has 1 fully saturated rings. The Bertz CT molecular complexity index is 1380. The van der Waals surface area contributed by atoms with E-state index in [9.17, 15) is 18.3 Å². The van der Waals surface area contributed by atoms with E-state index in [0.717, 1.165) is 22.2 Å². The molecular weight excluding hydrogens is 452 g/mol. The van der Waals surface area contributed by atoms with Crippen molar-refractivity contribution in [3.05, 3.63) is 78.0 Å². The molecule has 0 saturated heterocycles. The van der Waals surface area contributed by atoms with Crippen molar-refractivity contribution < 1.29 is 23.1 Å². The number of benzene rings is 2. The van der Waals surface area contributed by atoms with Crippen LogP contribution in [0.3, 0.4) is 0 Å². The van der Waals surface area contributed by atoms with E-state index in [2.05, 4.69) is 4.98 Å². The first kappa shape index (κ1) is 22.6. The van der Waals surface area contributed by atoms with Crippen LogP contribution in [-0.2, 0) is 21.4 Å². The van der Waals surface area contributed by atoms with Crippen LogP contribution in [0.5, 0.6) is 5.75 Å². The molecule has 2 bridgehead atoms. The highest BCUT2D eigenvalue weighted by molar-refractivity contribution is 7.89. The maximum Gasteiger partial charge on any atom is 0.308 e.